The lowest BCUT2D eigenvalue weighted by Gasteiger charge is -2.35. The van der Waals surface area contributed by atoms with Crippen LogP contribution in [0.25, 0.3) is 0 Å². The first-order valence-corrected chi connectivity index (χ1v) is 8.28. The van der Waals surface area contributed by atoms with Crippen LogP contribution >= 0.6 is 0 Å². The van der Waals surface area contributed by atoms with Gasteiger partial charge in [0.05, 0.1) is 12.3 Å². The molecule has 1 aliphatic heterocycles. The topological polar surface area (TPSA) is 24.5 Å². The van der Waals surface area contributed by atoms with Crippen molar-refractivity contribution < 1.29 is 4.74 Å². The first-order chi connectivity index (χ1) is 10.1. The Labute approximate surface area is 129 Å². The van der Waals surface area contributed by atoms with Crippen molar-refractivity contribution in [3.8, 4) is 5.75 Å². The van der Waals surface area contributed by atoms with Gasteiger partial charge in [0.15, 0.2) is 0 Å². The lowest BCUT2D eigenvalue weighted by atomic mass is 10.0. The molecule has 0 bridgehead atoms. The Kier molecular flexibility index (Phi) is 5.92. The molecule has 1 aromatic carbocycles. The van der Waals surface area contributed by atoms with Crippen molar-refractivity contribution in [2.75, 3.05) is 25.0 Å². The highest BCUT2D eigenvalue weighted by molar-refractivity contribution is 5.56. The molecule has 118 valence electrons. The second-order valence-corrected chi connectivity index (χ2v) is 6.75. The van der Waals surface area contributed by atoms with Crippen LogP contribution in [0.2, 0.25) is 0 Å². The van der Waals surface area contributed by atoms with Crippen molar-refractivity contribution in [2.45, 2.75) is 52.6 Å². The van der Waals surface area contributed by atoms with Crippen molar-refractivity contribution >= 4 is 5.69 Å². The molecule has 0 aliphatic carbocycles. The molecule has 1 fully saturated rings. The van der Waals surface area contributed by atoms with E-state index in [0.29, 0.717) is 18.0 Å². The molecule has 1 heterocycles. The molecule has 1 aliphatic rings. The van der Waals surface area contributed by atoms with Crippen LogP contribution in [0.3, 0.4) is 0 Å². The van der Waals surface area contributed by atoms with E-state index in [1.807, 2.05) is 6.07 Å². The van der Waals surface area contributed by atoms with Gasteiger partial charge in [0, 0.05) is 25.2 Å². The summed E-state index contributed by atoms with van der Waals surface area (Å²) in [6, 6.07) is 9.53. The Morgan fingerprint density at radius 3 is 2.43 bits per heavy atom. The van der Waals surface area contributed by atoms with E-state index in [4.69, 9.17) is 4.74 Å². The maximum Gasteiger partial charge on any atom is 0.142 e. The third kappa shape index (κ3) is 4.92. The molecule has 0 amide bonds. The molecule has 3 heteroatoms. The number of nitrogens with zero attached hydrogens (tertiary/aromatic N) is 1. The fourth-order valence-electron chi connectivity index (χ4n) is 2.75. The van der Waals surface area contributed by atoms with Gasteiger partial charge in [-0.05, 0) is 44.7 Å². The molecule has 21 heavy (non-hydrogen) atoms. The number of anilines is 1. The summed E-state index contributed by atoms with van der Waals surface area (Å²) in [6.45, 7) is 12.1. The standard InChI is InChI=1S/C18H30N2O/c1-14(2)13-21-18-8-6-5-7-17(18)19-16-9-11-20(12-10-16)15(3)4/h5-8,14-16,19H,9-13H2,1-4H3. The monoisotopic (exact) mass is 290 g/mol. The third-order valence-electron chi connectivity index (χ3n) is 4.08. The second kappa shape index (κ2) is 7.69. The molecule has 1 N–H and O–H groups in total. The Morgan fingerprint density at radius 2 is 1.81 bits per heavy atom. The molecule has 0 aromatic heterocycles. The number of nitrogens with one attached hydrogen (secondary N) is 1. The smallest absolute Gasteiger partial charge is 0.142 e. The molecule has 1 saturated heterocycles. The Hall–Kier alpha value is -1.22. The van der Waals surface area contributed by atoms with E-state index in [1.54, 1.807) is 0 Å². The van der Waals surface area contributed by atoms with Gasteiger partial charge in [0.25, 0.3) is 0 Å². The first kappa shape index (κ1) is 16.2. The molecule has 0 atom stereocenters. The minimum atomic E-state index is 0.548. The fraction of sp³-hybridized carbons (Fsp3) is 0.667. The quantitative estimate of drug-likeness (QED) is 0.857. The number of ether oxygens (including phenoxy) is 1. The number of benzene rings is 1. The van der Waals surface area contributed by atoms with Crippen molar-refractivity contribution in [1.82, 2.24) is 4.90 Å². The number of hydrogen-bond acceptors (Lipinski definition) is 3. The number of para-hydroxylation sites is 2. The van der Waals surface area contributed by atoms with Crippen molar-refractivity contribution in [2.24, 2.45) is 5.92 Å². The highest BCUT2D eigenvalue weighted by atomic mass is 16.5. The summed E-state index contributed by atoms with van der Waals surface area (Å²) in [5.74, 6) is 1.53. The molecule has 0 radical (unpaired) electrons. The maximum atomic E-state index is 5.93. The minimum Gasteiger partial charge on any atom is -0.491 e. The average Bonchev–Trinajstić information content (AvgIpc) is 2.47. The summed E-state index contributed by atoms with van der Waals surface area (Å²) in [5.41, 5.74) is 1.14. The van der Waals surface area contributed by atoms with Crippen LogP contribution in [0.5, 0.6) is 5.75 Å². The number of hydrogen-bond donors (Lipinski definition) is 1. The Morgan fingerprint density at radius 1 is 1.14 bits per heavy atom. The predicted molar refractivity (Wildman–Crippen MR) is 90.1 cm³/mol. The Balaban J connectivity index is 1.91. The van der Waals surface area contributed by atoms with Crippen LogP contribution in [0.4, 0.5) is 5.69 Å². The summed E-state index contributed by atoms with van der Waals surface area (Å²) in [7, 11) is 0. The van der Waals surface area contributed by atoms with Gasteiger partial charge >= 0.3 is 0 Å². The number of piperidine rings is 1. The fourth-order valence-corrected chi connectivity index (χ4v) is 2.75. The van der Waals surface area contributed by atoms with E-state index in [0.717, 1.165) is 18.0 Å². The lowest BCUT2D eigenvalue weighted by molar-refractivity contribution is 0.177. The van der Waals surface area contributed by atoms with Crippen LogP contribution in [0.1, 0.15) is 40.5 Å². The zero-order valence-electron chi connectivity index (χ0n) is 13.9. The third-order valence-corrected chi connectivity index (χ3v) is 4.08. The van der Waals surface area contributed by atoms with Crippen LogP contribution in [0, 0.1) is 5.92 Å². The van der Waals surface area contributed by atoms with Gasteiger partial charge in [0.1, 0.15) is 5.75 Å². The van der Waals surface area contributed by atoms with Gasteiger partial charge in [-0.25, -0.2) is 0 Å². The van der Waals surface area contributed by atoms with E-state index in [9.17, 15) is 0 Å². The molecule has 2 rings (SSSR count). The minimum absolute atomic E-state index is 0.548. The highest BCUT2D eigenvalue weighted by Gasteiger charge is 2.21. The summed E-state index contributed by atoms with van der Waals surface area (Å²) in [6.07, 6.45) is 2.41. The van der Waals surface area contributed by atoms with Crippen LogP contribution < -0.4 is 10.1 Å². The Bertz CT molecular complexity index is 423. The summed E-state index contributed by atoms with van der Waals surface area (Å²) in [5, 5.41) is 3.68. The zero-order valence-corrected chi connectivity index (χ0v) is 13.9. The van der Waals surface area contributed by atoms with Crippen molar-refractivity contribution in [1.29, 1.82) is 0 Å². The van der Waals surface area contributed by atoms with Gasteiger partial charge < -0.3 is 15.0 Å². The van der Waals surface area contributed by atoms with Gasteiger partial charge in [-0.1, -0.05) is 26.0 Å². The first-order valence-electron chi connectivity index (χ1n) is 8.28. The van der Waals surface area contributed by atoms with Crippen molar-refractivity contribution in [3.63, 3.8) is 0 Å². The van der Waals surface area contributed by atoms with Crippen molar-refractivity contribution in [3.05, 3.63) is 24.3 Å². The predicted octanol–water partition coefficient (Wildman–Crippen LogP) is 4.01. The molecular formula is C18H30N2O. The highest BCUT2D eigenvalue weighted by Crippen LogP contribution is 2.27. The average molecular weight is 290 g/mol. The summed E-state index contributed by atoms with van der Waals surface area (Å²) < 4.78 is 5.93. The SMILES string of the molecule is CC(C)COc1ccccc1NC1CCN(C(C)C)CC1. The van der Waals surface area contributed by atoms with Gasteiger partial charge in [-0.2, -0.15) is 0 Å². The second-order valence-electron chi connectivity index (χ2n) is 6.75. The van der Waals surface area contributed by atoms with E-state index < -0.39 is 0 Å². The summed E-state index contributed by atoms with van der Waals surface area (Å²) in [4.78, 5) is 2.55. The molecule has 0 unspecified atom stereocenters. The van der Waals surface area contributed by atoms with Gasteiger partial charge in [-0.15, -0.1) is 0 Å². The van der Waals surface area contributed by atoms with Gasteiger partial charge in [-0.3, -0.25) is 0 Å². The lowest BCUT2D eigenvalue weighted by Crippen LogP contribution is -2.42. The molecular weight excluding hydrogens is 260 g/mol. The van der Waals surface area contributed by atoms with Crippen LogP contribution in [-0.4, -0.2) is 36.7 Å². The maximum absolute atomic E-state index is 5.93. The zero-order chi connectivity index (χ0) is 15.2. The van der Waals surface area contributed by atoms with Crippen LogP contribution in [0.15, 0.2) is 24.3 Å². The number of rotatable bonds is 6. The van der Waals surface area contributed by atoms with E-state index >= 15 is 0 Å². The normalized spacial score (nSPS) is 17.4. The summed E-state index contributed by atoms with van der Waals surface area (Å²) >= 11 is 0. The molecule has 3 nitrogen and oxygen atoms in total. The molecule has 0 saturated carbocycles. The number of likely N-dealkylation sites (tertiary alicyclic amines) is 1. The van der Waals surface area contributed by atoms with E-state index in [2.05, 4.69) is 56.1 Å². The van der Waals surface area contributed by atoms with Crippen LogP contribution in [-0.2, 0) is 0 Å². The molecule has 0 spiro atoms. The van der Waals surface area contributed by atoms with E-state index in [-0.39, 0.29) is 0 Å². The molecule has 1 aromatic rings. The van der Waals surface area contributed by atoms with E-state index in [1.165, 1.54) is 25.9 Å². The van der Waals surface area contributed by atoms with Gasteiger partial charge in [0.2, 0.25) is 0 Å². The largest absolute Gasteiger partial charge is 0.491 e.